The van der Waals surface area contributed by atoms with E-state index < -0.39 is 0 Å². The van der Waals surface area contributed by atoms with Crippen molar-refractivity contribution in [2.45, 2.75) is 33.2 Å². The highest BCUT2D eigenvalue weighted by Gasteiger charge is 2.08. The lowest BCUT2D eigenvalue weighted by atomic mass is 10.3. The van der Waals surface area contributed by atoms with Gasteiger partial charge < -0.3 is 5.73 Å². The number of aromatic nitrogens is 3. The Labute approximate surface area is 89.1 Å². The molecule has 4 nitrogen and oxygen atoms in total. The van der Waals surface area contributed by atoms with E-state index in [4.69, 9.17) is 5.73 Å². The molecule has 0 atom stereocenters. The number of hydrogen-bond donors (Lipinski definition) is 1. The van der Waals surface area contributed by atoms with Gasteiger partial charge in [-0.2, -0.15) is 0 Å². The van der Waals surface area contributed by atoms with Crippen LogP contribution in [0.3, 0.4) is 0 Å². The highest BCUT2D eigenvalue weighted by molar-refractivity contribution is 5.74. The van der Waals surface area contributed by atoms with Gasteiger partial charge in [0.15, 0.2) is 5.65 Å². The summed E-state index contributed by atoms with van der Waals surface area (Å²) in [5.74, 6) is 0.566. The monoisotopic (exact) mass is 204 g/mol. The highest BCUT2D eigenvalue weighted by Crippen LogP contribution is 2.17. The lowest BCUT2D eigenvalue weighted by molar-refractivity contribution is 0.649. The molecule has 0 unspecified atom stereocenters. The third-order valence-electron chi connectivity index (χ3n) is 2.49. The van der Waals surface area contributed by atoms with E-state index in [1.54, 1.807) is 0 Å². The van der Waals surface area contributed by atoms with Gasteiger partial charge in [0, 0.05) is 12.7 Å². The number of imidazole rings is 1. The summed E-state index contributed by atoms with van der Waals surface area (Å²) < 4.78 is 1.98. The minimum Gasteiger partial charge on any atom is -0.369 e. The summed E-state index contributed by atoms with van der Waals surface area (Å²) in [5.41, 5.74) is 8.76. The first kappa shape index (κ1) is 9.96. The van der Waals surface area contributed by atoms with Crippen LogP contribution in [0, 0.1) is 6.92 Å². The first-order valence-electron chi connectivity index (χ1n) is 5.30. The van der Waals surface area contributed by atoms with E-state index in [1.807, 2.05) is 23.8 Å². The predicted molar refractivity (Wildman–Crippen MR) is 61.6 cm³/mol. The zero-order valence-electron chi connectivity index (χ0n) is 9.20. The van der Waals surface area contributed by atoms with Gasteiger partial charge in [-0.1, -0.05) is 13.3 Å². The molecule has 80 valence electrons. The van der Waals surface area contributed by atoms with Crippen molar-refractivity contribution in [3.63, 3.8) is 0 Å². The summed E-state index contributed by atoms with van der Waals surface area (Å²) in [4.78, 5) is 8.68. The standard InChI is InChI=1S/C11H16N4/c1-3-4-5-15-10-9(14-11(15)12)6-8(2)7-13-10/h6-7H,3-5H2,1-2H3,(H2,12,14). The Morgan fingerprint density at radius 1 is 1.47 bits per heavy atom. The topological polar surface area (TPSA) is 56.7 Å². The fraction of sp³-hybridized carbons (Fsp3) is 0.455. The number of nitrogen functional groups attached to an aromatic ring is 1. The third-order valence-corrected chi connectivity index (χ3v) is 2.49. The van der Waals surface area contributed by atoms with Gasteiger partial charge in [0.25, 0.3) is 0 Å². The summed E-state index contributed by atoms with van der Waals surface area (Å²) in [6.45, 7) is 5.06. The van der Waals surface area contributed by atoms with E-state index in [9.17, 15) is 0 Å². The number of anilines is 1. The van der Waals surface area contributed by atoms with Crippen molar-refractivity contribution in [1.82, 2.24) is 14.5 Å². The second kappa shape index (κ2) is 3.88. The number of nitrogens with zero attached hydrogens (tertiary/aromatic N) is 3. The fourth-order valence-electron chi connectivity index (χ4n) is 1.67. The van der Waals surface area contributed by atoms with Crippen LogP contribution < -0.4 is 5.73 Å². The smallest absolute Gasteiger partial charge is 0.202 e. The number of hydrogen-bond acceptors (Lipinski definition) is 3. The summed E-state index contributed by atoms with van der Waals surface area (Å²) in [5, 5.41) is 0. The zero-order chi connectivity index (χ0) is 10.8. The molecule has 0 saturated carbocycles. The number of pyridine rings is 1. The van der Waals surface area contributed by atoms with Crippen LogP contribution in [0.5, 0.6) is 0 Å². The second-order valence-electron chi connectivity index (χ2n) is 3.83. The molecule has 0 aliphatic rings. The Bertz CT molecular complexity index is 473. The summed E-state index contributed by atoms with van der Waals surface area (Å²) in [6, 6.07) is 2.02. The van der Waals surface area contributed by atoms with E-state index in [0.29, 0.717) is 5.95 Å². The average Bonchev–Trinajstić information content (AvgIpc) is 2.50. The number of nitrogens with two attached hydrogens (primary N) is 1. The third kappa shape index (κ3) is 1.79. The van der Waals surface area contributed by atoms with Crippen LogP contribution in [0.2, 0.25) is 0 Å². The average molecular weight is 204 g/mol. The molecule has 0 fully saturated rings. The Morgan fingerprint density at radius 3 is 3.00 bits per heavy atom. The number of unbranched alkanes of at least 4 members (excludes halogenated alkanes) is 1. The first-order valence-corrected chi connectivity index (χ1v) is 5.30. The number of fused-ring (bicyclic) bond motifs is 1. The van der Waals surface area contributed by atoms with Gasteiger partial charge in [0.1, 0.15) is 5.52 Å². The molecule has 0 saturated heterocycles. The maximum Gasteiger partial charge on any atom is 0.202 e. The molecule has 2 rings (SSSR count). The Kier molecular flexibility index (Phi) is 2.58. The van der Waals surface area contributed by atoms with Gasteiger partial charge in [-0.25, -0.2) is 9.97 Å². The van der Waals surface area contributed by atoms with Gasteiger partial charge in [-0.15, -0.1) is 0 Å². The summed E-state index contributed by atoms with van der Waals surface area (Å²) in [7, 11) is 0. The zero-order valence-corrected chi connectivity index (χ0v) is 9.20. The van der Waals surface area contributed by atoms with Crippen LogP contribution in [0.1, 0.15) is 25.3 Å². The van der Waals surface area contributed by atoms with Crippen molar-refractivity contribution < 1.29 is 0 Å². The van der Waals surface area contributed by atoms with Crippen molar-refractivity contribution in [2.75, 3.05) is 5.73 Å². The lowest BCUT2D eigenvalue weighted by Gasteiger charge is -2.03. The first-order chi connectivity index (χ1) is 7.22. The maximum absolute atomic E-state index is 5.86. The molecule has 0 aliphatic carbocycles. The lowest BCUT2D eigenvalue weighted by Crippen LogP contribution is -2.03. The fourth-order valence-corrected chi connectivity index (χ4v) is 1.67. The van der Waals surface area contributed by atoms with E-state index in [-0.39, 0.29) is 0 Å². The molecule has 0 spiro atoms. The number of aryl methyl sites for hydroxylation is 2. The molecule has 4 heteroatoms. The van der Waals surface area contributed by atoms with Gasteiger partial charge in [0.05, 0.1) is 0 Å². The molecule has 0 radical (unpaired) electrons. The van der Waals surface area contributed by atoms with E-state index in [0.717, 1.165) is 36.1 Å². The van der Waals surface area contributed by atoms with Gasteiger partial charge in [-0.05, 0) is 25.0 Å². The molecule has 0 aliphatic heterocycles. The van der Waals surface area contributed by atoms with E-state index in [1.165, 1.54) is 0 Å². The highest BCUT2D eigenvalue weighted by atomic mass is 15.2. The molecule has 0 aromatic carbocycles. The predicted octanol–water partition coefficient (Wildman–Crippen LogP) is 2.12. The van der Waals surface area contributed by atoms with Crippen LogP contribution in [-0.2, 0) is 6.54 Å². The Morgan fingerprint density at radius 2 is 2.27 bits per heavy atom. The number of rotatable bonds is 3. The molecule has 0 amide bonds. The minimum absolute atomic E-state index is 0.566. The van der Waals surface area contributed by atoms with Crippen molar-refractivity contribution in [3.8, 4) is 0 Å². The SMILES string of the molecule is CCCCn1c(N)nc2cc(C)cnc21. The van der Waals surface area contributed by atoms with Crippen LogP contribution in [0.4, 0.5) is 5.95 Å². The normalized spacial score (nSPS) is 11.1. The van der Waals surface area contributed by atoms with Crippen molar-refractivity contribution in [2.24, 2.45) is 0 Å². The quantitative estimate of drug-likeness (QED) is 0.833. The van der Waals surface area contributed by atoms with Gasteiger partial charge >= 0.3 is 0 Å². The van der Waals surface area contributed by atoms with Crippen LogP contribution >= 0.6 is 0 Å². The largest absolute Gasteiger partial charge is 0.369 e. The molecular weight excluding hydrogens is 188 g/mol. The van der Waals surface area contributed by atoms with Crippen LogP contribution in [0.15, 0.2) is 12.3 Å². The van der Waals surface area contributed by atoms with E-state index in [2.05, 4.69) is 16.9 Å². The maximum atomic E-state index is 5.86. The van der Waals surface area contributed by atoms with Crippen molar-refractivity contribution >= 4 is 17.1 Å². The van der Waals surface area contributed by atoms with Gasteiger partial charge in [0.2, 0.25) is 5.95 Å². The summed E-state index contributed by atoms with van der Waals surface area (Å²) >= 11 is 0. The molecular formula is C11H16N4. The summed E-state index contributed by atoms with van der Waals surface area (Å²) in [6.07, 6.45) is 4.10. The molecule has 0 bridgehead atoms. The van der Waals surface area contributed by atoms with Crippen LogP contribution in [-0.4, -0.2) is 14.5 Å². The van der Waals surface area contributed by atoms with Crippen LogP contribution in [0.25, 0.3) is 11.2 Å². The molecule has 2 aromatic rings. The Balaban J connectivity index is 2.48. The minimum atomic E-state index is 0.566. The molecule has 2 heterocycles. The van der Waals surface area contributed by atoms with E-state index >= 15 is 0 Å². The molecule has 15 heavy (non-hydrogen) atoms. The van der Waals surface area contributed by atoms with Gasteiger partial charge in [-0.3, -0.25) is 4.57 Å². The Hall–Kier alpha value is -1.58. The molecule has 2 aromatic heterocycles. The molecule has 2 N–H and O–H groups in total. The van der Waals surface area contributed by atoms with Crippen molar-refractivity contribution in [1.29, 1.82) is 0 Å². The second-order valence-corrected chi connectivity index (χ2v) is 3.83. The van der Waals surface area contributed by atoms with Crippen molar-refractivity contribution in [3.05, 3.63) is 17.8 Å².